The van der Waals surface area contributed by atoms with Gasteiger partial charge in [0.05, 0.1) is 0 Å². The van der Waals surface area contributed by atoms with Crippen LogP contribution in [0.3, 0.4) is 0 Å². The third kappa shape index (κ3) is 3.99. The maximum atomic E-state index is 6.25. The molecule has 0 bridgehead atoms. The van der Waals surface area contributed by atoms with E-state index in [4.69, 9.17) is 23.2 Å². The predicted octanol–water partition coefficient (Wildman–Crippen LogP) is 4.68. The van der Waals surface area contributed by atoms with Crippen LogP contribution < -0.4 is 5.32 Å². The van der Waals surface area contributed by atoms with Gasteiger partial charge in [-0.15, -0.1) is 0 Å². The van der Waals surface area contributed by atoms with Crippen LogP contribution in [0.1, 0.15) is 16.7 Å². The molecule has 0 aromatic heterocycles. The van der Waals surface area contributed by atoms with Gasteiger partial charge in [0.25, 0.3) is 0 Å². The summed E-state index contributed by atoms with van der Waals surface area (Å²) in [5, 5.41) is 4.79. The minimum atomic E-state index is 0.356. The zero-order chi connectivity index (χ0) is 14.5. The zero-order valence-corrected chi connectivity index (χ0v) is 13.3. The molecule has 0 fully saturated rings. The van der Waals surface area contributed by atoms with E-state index in [1.165, 1.54) is 11.1 Å². The number of aryl methyl sites for hydroxylation is 1. The molecule has 2 rings (SSSR count). The summed E-state index contributed by atoms with van der Waals surface area (Å²) in [4.78, 5) is 0. The molecule has 0 saturated carbocycles. The van der Waals surface area contributed by atoms with Crippen molar-refractivity contribution < 1.29 is 0 Å². The SMILES string of the molecule is CNC(Cc1ccccc1C)Cc1ccc(Cl)cc1Cl. The van der Waals surface area contributed by atoms with Crippen LogP contribution in [-0.4, -0.2) is 13.1 Å². The average molecular weight is 308 g/mol. The summed E-state index contributed by atoms with van der Waals surface area (Å²) in [6.45, 7) is 2.15. The van der Waals surface area contributed by atoms with Crippen LogP contribution in [-0.2, 0) is 12.8 Å². The van der Waals surface area contributed by atoms with E-state index < -0.39 is 0 Å². The molecule has 0 radical (unpaired) electrons. The first kappa shape index (κ1) is 15.4. The Morgan fingerprint density at radius 2 is 1.70 bits per heavy atom. The van der Waals surface area contributed by atoms with Crippen LogP contribution in [0.5, 0.6) is 0 Å². The lowest BCUT2D eigenvalue weighted by molar-refractivity contribution is 0.555. The van der Waals surface area contributed by atoms with E-state index in [2.05, 4.69) is 36.5 Å². The first-order valence-electron chi connectivity index (χ1n) is 6.76. The Morgan fingerprint density at radius 3 is 2.35 bits per heavy atom. The third-order valence-corrected chi connectivity index (χ3v) is 4.20. The van der Waals surface area contributed by atoms with E-state index in [1.807, 2.05) is 19.2 Å². The molecule has 2 aromatic carbocycles. The standard InChI is InChI=1S/C17H19Cl2N/c1-12-5-3-4-6-13(12)9-16(20-2)10-14-7-8-15(18)11-17(14)19/h3-8,11,16,20H,9-10H2,1-2H3. The van der Waals surface area contributed by atoms with Crippen LogP contribution in [0, 0.1) is 6.92 Å². The highest BCUT2D eigenvalue weighted by Crippen LogP contribution is 2.23. The molecule has 3 heteroatoms. The van der Waals surface area contributed by atoms with Crippen LogP contribution in [0.25, 0.3) is 0 Å². The minimum absolute atomic E-state index is 0.356. The van der Waals surface area contributed by atoms with Crippen molar-refractivity contribution in [3.63, 3.8) is 0 Å². The maximum Gasteiger partial charge on any atom is 0.0453 e. The zero-order valence-electron chi connectivity index (χ0n) is 11.8. The third-order valence-electron chi connectivity index (χ3n) is 3.62. The Morgan fingerprint density at radius 1 is 1.00 bits per heavy atom. The minimum Gasteiger partial charge on any atom is -0.316 e. The molecule has 2 aromatic rings. The highest BCUT2D eigenvalue weighted by atomic mass is 35.5. The van der Waals surface area contributed by atoms with Crippen molar-refractivity contribution >= 4 is 23.2 Å². The summed E-state index contributed by atoms with van der Waals surface area (Å²) >= 11 is 12.2. The van der Waals surface area contributed by atoms with Crippen LogP contribution in [0.4, 0.5) is 0 Å². The predicted molar refractivity (Wildman–Crippen MR) is 87.9 cm³/mol. The van der Waals surface area contributed by atoms with E-state index in [0.29, 0.717) is 11.1 Å². The molecule has 0 aliphatic heterocycles. The van der Waals surface area contributed by atoms with Crippen molar-refractivity contribution in [2.75, 3.05) is 7.05 Å². The monoisotopic (exact) mass is 307 g/mol. The van der Waals surface area contributed by atoms with Gasteiger partial charge in [0.15, 0.2) is 0 Å². The van der Waals surface area contributed by atoms with Gasteiger partial charge < -0.3 is 5.32 Å². The fourth-order valence-corrected chi connectivity index (χ4v) is 2.82. The molecule has 0 aliphatic rings. The number of benzene rings is 2. The van der Waals surface area contributed by atoms with E-state index in [0.717, 1.165) is 23.4 Å². The van der Waals surface area contributed by atoms with Gasteiger partial charge >= 0.3 is 0 Å². The van der Waals surface area contributed by atoms with Gasteiger partial charge in [0.1, 0.15) is 0 Å². The second kappa shape index (κ2) is 7.12. The quantitative estimate of drug-likeness (QED) is 0.846. The molecular formula is C17H19Cl2N. The van der Waals surface area contributed by atoms with Crippen molar-refractivity contribution in [2.45, 2.75) is 25.8 Å². The van der Waals surface area contributed by atoms with Gasteiger partial charge in [-0.2, -0.15) is 0 Å². The Labute approximate surface area is 130 Å². The molecule has 0 saturated heterocycles. The Balaban J connectivity index is 2.11. The lowest BCUT2D eigenvalue weighted by Gasteiger charge is -2.18. The number of nitrogens with one attached hydrogen (secondary N) is 1. The van der Waals surface area contributed by atoms with Gasteiger partial charge in [0.2, 0.25) is 0 Å². The van der Waals surface area contributed by atoms with Gasteiger partial charge in [-0.05, 0) is 55.6 Å². The van der Waals surface area contributed by atoms with Crippen molar-refractivity contribution in [3.8, 4) is 0 Å². The van der Waals surface area contributed by atoms with Gasteiger partial charge in [-0.1, -0.05) is 53.5 Å². The smallest absolute Gasteiger partial charge is 0.0453 e. The highest BCUT2D eigenvalue weighted by molar-refractivity contribution is 6.35. The number of rotatable bonds is 5. The molecule has 1 nitrogen and oxygen atoms in total. The fourth-order valence-electron chi connectivity index (χ4n) is 2.33. The summed E-state index contributed by atoms with van der Waals surface area (Å²) in [6.07, 6.45) is 1.88. The van der Waals surface area contributed by atoms with Crippen LogP contribution in [0.15, 0.2) is 42.5 Å². The largest absolute Gasteiger partial charge is 0.316 e. The first-order valence-corrected chi connectivity index (χ1v) is 7.51. The molecule has 1 unspecified atom stereocenters. The Bertz CT molecular complexity index is 581. The molecule has 0 spiro atoms. The molecule has 20 heavy (non-hydrogen) atoms. The summed E-state index contributed by atoms with van der Waals surface area (Å²) < 4.78 is 0. The van der Waals surface area contributed by atoms with Crippen molar-refractivity contribution in [1.29, 1.82) is 0 Å². The van der Waals surface area contributed by atoms with E-state index in [-0.39, 0.29) is 0 Å². The second-order valence-corrected chi connectivity index (χ2v) is 5.90. The molecular weight excluding hydrogens is 289 g/mol. The Hall–Kier alpha value is -1.02. The molecule has 106 valence electrons. The number of hydrogen-bond acceptors (Lipinski definition) is 1. The van der Waals surface area contributed by atoms with Gasteiger partial charge in [-0.25, -0.2) is 0 Å². The number of likely N-dealkylation sites (N-methyl/N-ethyl adjacent to an activating group) is 1. The fraction of sp³-hybridized carbons (Fsp3) is 0.294. The topological polar surface area (TPSA) is 12.0 Å². The molecule has 0 heterocycles. The van der Waals surface area contributed by atoms with Crippen molar-refractivity contribution in [1.82, 2.24) is 5.32 Å². The molecule has 1 N–H and O–H groups in total. The van der Waals surface area contributed by atoms with Crippen molar-refractivity contribution in [2.24, 2.45) is 0 Å². The molecule has 0 amide bonds. The van der Waals surface area contributed by atoms with Crippen LogP contribution in [0.2, 0.25) is 10.0 Å². The highest BCUT2D eigenvalue weighted by Gasteiger charge is 2.12. The summed E-state index contributed by atoms with van der Waals surface area (Å²) in [6, 6.07) is 14.6. The summed E-state index contributed by atoms with van der Waals surface area (Å²) in [5.41, 5.74) is 3.83. The number of halogens is 2. The second-order valence-electron chi connectivity index (χ2n) is 5.06. The van der Waals surface area contributed by atoms with Gasteiger partial charge in [-0.3, -0.25) is 0 Å². The molecule has 0 aliphatic carbocycles. The summed E-state index contributed by atoms with van der Waals surface area (Å²) in [5.74, 6) is 0. The number of hydrogen-bond donors (Lipinski definition) is 1. The average Bonchev–Trinajstić information content (AvgIpc) is 2.43. The van der Waals surface area contributed by atoms with E-state index in [9.17, 15) is 0 Å². The summed E-state index contributed by atoms with van der Waals surface area (Å²) in [7, 11) is 1.99. The first-order chi connectivity index (χ1) is 9.60. The lowest BCUT2D eigenvalue weighted by Crippen LogP contribution is -2.30. The Kier molecular flexibility index (Phi) is 5.47. The van der Waals surface area contributed by atoms with Gasteiger partial charge in [0, 0.05) is 16.1 Å². The van der Waals surface area contributed by atoms with Crippen LogP contribution >= 0.6 is 23.2 Å². The maximum absolute atomic E-state index is 6.25. The normalized spacial score (nSPS) is 12.4. The van der Waals surface area contributed by atoms with E-state index in [1.54, 1.807) is 6.07 Å². The van der Waals surface area contributed by atoms with E-state index >= 15 is 0 Å². The lowest BCUT2D eigenvalue weighted by atomic mass is 9.96. The van der Waals surface area contributed by atoms with Crippen molar-refractivity contribution in [3.05, 3.63) is 69.2 Å². The molecule has 1 atom stereocenters.